The lowest BCUT2D eigenvalue weighted by atomic mass is 9.44. The van der Waals surface area contributed by atoms with Crippen LogP contribution in [0.4, 0.5) is 0 Å². The van der Waals surface area contributed by atoms with Crippen molar-refractivity contribution in [3.05, 3.63) is 0 Å². The van der Waals surface area contributed by atoms with Crippen LogP contribution in [0.1, 0.15) is 112 Å². The molecule has 1 heteroatoms. The maximum atomic E-state index is 10.3. The molecule has 4 aliphatic carbocycles. The first-order valence-corrected chi connectivity index (χ1v) is 12.9. The second-order valence-electron chi connectivity index (χ2n) is 12.6. The van der Waals surface area contributed by atoms with Gasteiger partial charge < -0.3 is 5.11 Å². The highest BCUT2D eigenvalue weighted by atomic mass is 16.3. The van der Waals surface area contributed by atoms with Crippen LogP contribution in [0.3, 0.4) is 0 Å². The molecule has 0 aromatic heterocycles. The van der Waals surface area contributed by atoms with Crippen LogP contribution in [-0.4, -0.2) is 11.2 Å². The minimum atomic E-state index is -0.00830. The van der Waals surface area contributed by atoms with E-state index in [0.717, 1.165) is 54.3 Å². The summed E-state index contributed by atoms with van der Waals surface area (Å²) in [5.41, 5.74) is 1.15. The molecule has 1 N–H and O–H groups in total. The molecule has 0 bridgehead atoms. The SMILES string of the molecule is CC(C)CCC[C@@H](C)[C@@H]1CC[C@@H]2[C@@H]3CC[C@H]4C[C@H](O)CC[C@]4(C)[C@H]3CC[C@@]21C. The Morgan fingerprint density at radius 2 is 1.54 bits per heavy atom. The Hall–Kier alpha value is -0.0400. The van der Waals surface area contributed by atoms with Crippen molar-refractivity contribution < 1.29 is 5.11 Å². The van der Waals surface area contributed by atoms with Crippen molar-refractivity contribution in [2.75, 3.05) is 0 Å². The Labute approximate surface area is 175 Å². The summed E-state index contributed by atoms with van der Waals surface area (Å²) in [4.78, 5) is 0. The molecule has 4 saturated carbocycles. The maximum absolute atomic E-state index is 10.3. The van der Waals surface area contributed by atoms with Crippen molar-refractivity contribution in [1.29, 1.82) is 0 Å². The van der Waals surface area contributed by atoms with E-state index in [2.05, 4.69) is 34.6 Å². The fourth-order valence-electron chi connectivity index (χ4n) is 9.26. The number of hydrogen-bond acceptors (Lipinski definition) is 1. The fourth-order valence-corrected chi connectivity index (χ4v) is 9.26. The first kappa shape index (κ1) is 21.2. The summed E-state index contributed by atoms with van der Waals surface area (Å²) in [7, 11) is 0. The molecular weight excluding hydrogens is 340 g/mol. The number of aliphatic hydroxyl groups is 1. The minimum absolute atomic E-state index is 0.00830. The normalized spacial score (nSPS) is 49.4. The highest BCUT2D eigenvalue weighted by molar-refractivity contribution is 5.09. The molecule has 4 aliphatic rings. The lowest BCUT2D eigenvalue weighted by Crippen LogP contribution is -2.54. The van der Waals surface area contributed by atoms with Crippen molar-refractivity contribution in [1.82, 2.24) is 0 Å². The van der Waals surface area contributed by atoms with E-state index in [4.69, 9.17) is 0 Å². The van der Waals surface area contributed by atoms with Crippen LogP contribution < -0.4 is 0 Å². The Kier molecular flexibility index (Phi) is 5.98. The first-order chi connectivity index (χ1) is 13.3. The molecule has 4 rings (SSSR count). The molecule has 0 heterocycles. The van der Waals surface area contributed by atoms with Crippen molar-refractivity contribution >= 4 is 0 Å². The molecule has 0 radical (unpaired) electrons. The zero-order valence-corrected chi connectivity index (χ0v) is 19.6. The van der Waals surface area contributed by atoms with Crippen LogP contribution in [0.15, 0.2) is 0 Å². The van der Waals surface area contributed by atoms with E-state index in [1.807, 2.05) is 0 Å². The quantitative estimate of drug-likeness (QED) is 0.518. The zero-order chi connectivity index (χ0) is 20.1. The third kappa shape index (κ3) is 3.50. The molecular formula is C27H48O. The highest BCUT2D eigenvalue weighted by Gasteiger charge is 2.60. The Bertz CT molecular complexity index is 540. The van der Waals surface area contributed by atoms with Crippen molar-refractivity contribution in [2.45, 2.75) is 118 Å². The summed E-state index contributed by atoms with van der Waals surface area (Å²) in [5, 5.41) is 10.3. The molecule has 9 atom stereocenters. The van der Waals surface area contributed by atoms with Gasteiger partial charge in [-0.3, -0.25) is 0 Å². The van der Waals surface area contributed by atoms with Gasteiger partial charge >= 0.3 is 0 Å². The lowest BCUT2D eigenvalue weighted by molar-refractivity contribution is -0.129. The van der Waals surface area contributed by atoms with E-state index in [1.165, 1.54) is 64.2 Å². The second kappa shape index (κ2) is 7.90. The van der Waals surface area contributed by atoms with Gasteiger partial charge in [0.15, 0.2) is 0 Å². The molecule has 162 valence electrons. The summed E-state index contributed by atoms with van der Waals surface area (Å²) in [6.45, 7) is 12.7. The standard InChI is InChI=1S/C27H48O/c1-18(2)7-6-8-19(3)23-11-12-24-22-10-9-20-17-21(28)13-15-26(20,4)25(22)14-16-27(23,24)5/h18-25,28H,6-17H2,1-5H3/t19-,20+,21-,22+,23+,24-,25+,26+,27-/m1/s1. The largest absolute Gasteiger partial charge is 0.393 e. The zero-order valence-electron chi connectivity index (χ0n) is 19.6. The van der Waals surface area contributed by atoms with Gasteiger partial charge in [-0.15, -0.1) is 0 Å². The van der Waals surface area contributed by atoms with Crippen LogP contribution >= 0.6 is 0 Å². The first-order valence-electron chi connectivity index (χ1n) is 12.9. The van der Waals surface area contributed by atoms with E-state index < -0.39 is 0 Å². The lowest BCUT2D eigenvalue weighted by Gasteiger charge is -2.61. The van der Waals surface area contributed by atoms with Gasteiger partial charge in [-0.1, -0.05) is 53.9 Å². The van der Waals surface area contributed by atoms with Crippen LogP contribution in [0.5, 0.6) is 0 Å². The van der Waals surface area contributed by atoms with Gasteiger partial charge in [-0.2, -0.15) is 0 Å². The molecule has 0 spiro atoms. The van der Waals surface area contributed by atoms with Gasteiger partial charge in [0.25, 0.3) is 0 Å². The molecule has 0 amide bonds. The van der Waals surface area contributed by atoms with Gasteiger partial charge in [-0.25, -0.2) is 0 Å². The van der Waals surface area contributed by atoms with E-state index >= 15 is 0 Å². The van der Waals surface area contributed by atoms with Crippen LogP contribution in [0.25, 0.3) is 0 Å². The van der Waals surface area contributed by atoms with Crippen molar-refractivity contribution in [3.63, 3.8) is 0 Å². The van der Waals surface area contributed by atoms with Gasteiger partial charge in [-0.05, 0) is 110 Å². The van der Waals surface area contributed by atoms with E-state index in [9.17, 15) is 5.11 Å². The average molecular weight is 389 g/mol. The van der Waals surface area contributed by atoms with Gasteiger partial charge in [0.05, 0.1) is 6.10 Å². The molecule has 1 nitrogen and oxygen atoms in total. The fraction of sp³-hybridized carbons (Fsp3) is 1.00. The second-order valence-corrected chi connectivity index (χ2v) is 12.6. The number of rotatable bonds is 5. The monoisotopic (exact) mass is 388 g/mol. The van der Waals surface area contributed by atoms with E-state index in [-0.39, 0.29) is 6.10 Å². The third-order valence-electron chi connectivity index (χ3n) is 10.8. The topological polar surface area (TPSA) is 20.2 Å². The molecule has 0 aromatic carbocycles. The molecule has 28 heavy (non-hydrogen) atoms. The predicted octanol–water partition coefficient (Wildman–Crippen LogP) is 7.47. The minimum Gasteiger partial charge on any atom is -0.393 e. The van der Waals surface area contributed by atoms with Crippen LogP contribution in [-0.2, 0) is 0 Å². The van der Waals surface area contributed by atoms with Crippen molar-refractivity contribution in [2.24, 2.45) is 52.3 Å². The maximum Gasteiger partial charge on any atom is 0.0543 e. The number of fused-ring (bicyclic) bond motifs is 5. The summed E-state index contributed by atoms with van der Waals surface area (Å²) in [5.74, 6) is 6.49. The Balaban J connectivity index is 1.46. The van der Waals surface area contributed by atoms with E-state index in [0.29, 0.717) is 10.8 Å². The molecule has 0 saturated heterocycles. The number of aliphatic hydroxyl groups excluding tert-OH is 1. The van der Waals surface area contributed by atoms with Crippen molar-refractivity contribution in [3.8, 4) is 0 Å². The Morgan fingerprint density at radius 1 is 0.821 bits per heavy atom. The summed E-state index contributed by atoms with van der Waals surface area (Å²) >= 11 is 0. The van der Waals surface area contributed by atoms with Crippen LogP contribution in [0.2, 0.25) is 0 Å². The molecule has 4 fully saturated rings. The third-order valence-corrected chi connectivity index (χ3v) is 10.8. The van der Waals surface area contributed by atoms with Gasteiger partial charge in [0.1, 0.15) is 0 Å². The predicted molar refractivity (Wildman–Crippen MR) is 119 cm³/mol. The molecule has 0 unspecified atom stereocenters. The van der Waals surface area contributed by atoms with Gasteiger partial charge in [0, 0.05) is 0 Å². The van der Waals surface area contributed by atoms with E-state index in [1.54, 1.807) is 0 Å². The summed E-state index contributed by atoms with van der Waals surface area (Å²) in [6.07, 6.45) is 16.6. The van der Waals surface area contributed by atoms with Crippen LogP contribution in [0, 0.1) is 52.3 Å². The molecule has 0 aromatic rings. The smallest absolute Gasteiger partial charge is 0.0543 e. The summed E-state index contributed by atoms with van der Waals surface area (Å²) in [6, 6.07) is 0. The molecule has 0 aliphatic heterocycles. The Morgan fingerprint density at radius 3 is 2.29 bits per heavy atom. The van der Waals surface area contributed by atoms with Gasteiger partial charge in [0.2, 0.25) is 0 Å². The highest BCUT2D eigenvalue weighted by Crippen LogP contribution is 2.68. The average Bonchev–Trinajstić information content (AvgIpc) is 2.99. The number of hydrogen-bond donors (Lipinski definition) is 1. The summed E-state index contributed by atoms with van der Waals surface area (Å²) < 4.78 is 0.